The maximum atomic E-state index is 5.45. The second-order valence-corrected chi connectivity index (χ2v) is 6.51. The normalized spacial score (nSPS) is 12.8. The molecular formula is C17H28BrNO. The second-order valence-electron chi connectivity index (χ2n) is 5.60. The third kappa shape index (κ3) is 8.03. The molecule has 114 valence electrons. The SMILES string of the molecule is CCOCCCC(CNC(C)C)Cc1ccc(Br)cc1. The van der Waals surface area contributed by atoms with Gasteiger partial charge in [0.1, 0.15) is 0 Å². The van der Waals surface area contributed by atoms with Crippen LogP contribution in [0.2, 0.25) is 0 Å². The summed E-state index contributed by atoms with van der Waals surface area (Å²) in [6.45, 7) is 9.25. The Hall–Kier alpha value is -0.380. The minimum Gasteiger partial charge on any atom is -0.382 e. The molecule has 0 amide bonds. The van der Waals surface area contributed by atoms with Gasteiger partial charge in [0.15, 0.2) is 0 Å². The van der Waals surface area contributed by atoms with Gasteiger partial charge in [0.05, 0.1) is 0 Å². The van der Waals surface area contributed by atoms with Crippen molar-refractivity contribution in [1.29, 1.82) is 0 Å². The van der Waals surface area contributed by atoms with E-state index in [1.54, 1.807) is 0 Å². The molecule has 0 saturated heterocycles. The Balaban J connectivity index is 2.45. The largest absolute Gasteiger partial charge is 0.382 e. The van der Waals surface area contributed by atoms with E-state index < -0.39 is 0 Å². The van der Waals surface area contributed by atoms with Crippen LogP contribution in [0, 0.1) is 5.92 Å². The van der Waals surface area contributed by atoms with E-state index in [1.165, 1.54) is 12.0 Å². The lowest BCUT2D eigenvalue weighted by molar-refractivity contribution is 0.139. The van der Waals surface area contributed by atoms with Crippen LogP contribution in [0.1, 0.15) is 39.2 Å². The van der Waals surface area contributed by atoms with Crippen LogP contribution in [0.3, 0.4) is 0 Å². The zero-order valence-corrected chi connectivity index (χ0v) is 14.6. The van der Waals surface area contributed by atoms with E-state index in [1.807, 2.05) is 0 Å². The van der Waals surface area contributed by atoms with Crippen molar-refractivity contribution in [2.24, 2.45) is 5.92 Å². The van der Waals surface area contributed by atoms with Crippen LogP contribution in [0.5, 0.6) is 0 Å². The van der Waals surface area contributed by atoms with Gasteiger partial charge in [-0.15, -0.1) is 0 Å². The quantitative estimate of drug-likeness (QED) is 0.636. The number of rotatable bonds is 10. The number of hydrogen-bond donors (Lipinski definition) is 1. The van der Waals surface area contributed by atoms with Crippen LogP contribution in [-0.2, 0) is 11.2 Å². The summed E-state index contributed by atoms with van der Waals surface area (Å²) < 4.78 is 6.60. The van der Waals surface area contributed by atoms with Gasteiger partial charge in [0.25, 0.3) is 0 Å². The Morgan fingerprint density at radius 3 is 2.50 bits per heavy atom. The van der Waals surface area contributed by atoms with Crippen molar-refractivity contribution in [1.82, 2.24) is 5.32 Å². The molecule has 0 aromatic heterocycles. The van der Waals surface area contributed by atoms with Crippen molar-refractivity contribution in [2.45, 2.75) is 46.1 Å². The minimum absolute atomic E-state index is 0.550. The molecule has 1 N–H and O–H groups in total. The summed E-state index contributed by atoms with van der Waals surface area (Å²) in [6.07, 6.45) is 3.50. The van der Waals surface area contributed by atoms with Gasteiger partial charge in [0.2, 0.25) is 0 Å². The highest BCUT2D eigenvalue weighted by Crippen LogP contribution is 2.17. The fraction of sp³-hybridized carbons (Fsp3) is 0.647. The predicted octanol–water partition coefficient (Wildman–Crippen LogP) is 4.42. The molecule has 0 aliphatic rings. The Kier molecular flexibility index (Phi) is 9.16. The van der Waals surface area contributed by atoms with Crippen LogP contribution >= 0.6 is 15.9 Å². The Morgan fingerprint density at radius 2 is 1.90 bits per heavy atom. The van der Waals surface area contributed by atoms with Gasteiger partial charge in [-0.2, -0.15) is 0 Å². The Labute approximate surface area is 132 Å². The molecule has 0 heterocycles. The molecule has 0 aliphatic heterocycles. The molecule has 3 heteroatoms. The van der Waals surface area contributed by atoms with Crippen LogP contribution < -0.4 is 5.32 Å². The lowest BCUT2D eigenvalue weighted by Gasteiger charge is -2.19. The molecular weight excluding hydrogens is 314 g/mol. The molecule has 20 heavy (non-hydrogen) atoms. The van der Waals surface area contributed by atoms with Gasteiger partial charge >= 0.3 is 0 Å². The zero-order valence-electron chi connectivity index (χ0n) is 13.0. The Bertz CT molecular complexity index is 351. The molecule has 0 radical (unpaired) electrons. The number of ether oxygens (including phenoxy) is 1. The molecule has 0 spiro atoms. The highest BCUT2D eigenvalue weighted by molar-refractivity contribution is 9.10. The van der Waals surface area contributed by atoms with Crippen molar-refractivity contribution in [3.8, 4) is 0 Å². The third-order valence-corrected chi connectivity index (χ3v) is 3.89. The van der Waals surface area contributed by atoms with Crippen molar-refractivity contribution in [3.05, 3.63) is 34.3 Å². The summed E-state index contributed by atoms with van der Waals surface area (Å²) in [5, 5.41) is 3.57. The Morgan fingerprint density at radius 1 is 1.20 bits per heavy atom. The molecule has 1 aromatic rings. The number of nitrogens with one attached hydrogen (secondary N) is 1. The molecule has 1 atom stereocenters. The van der Waals surface area contributed by atoms with Gasteiger partial charge in [-0.25, -0.2) is 0 Å². The van der Waals surface area contributed by atoms with Crippen LogP contribution in [0.4, 0.5) is 0 Å². The molecule has 0 aliphatic carbocycles. The van der Waals surface area contributed by atoms with Crippen molar-refractivity contribution >= 4 is 15.9 Å². The predicted molar refractivity (Wildman–Crippen MR) is 90.2 cm³/mol. The number of benzene rings is 1. The maximum Gasteiger partial charge on any atom is 0.0466 e. The van der Waals surface area contributed by atoms with E-state index in [4.69, 9.17) is 4.74 Å². The van der Waals surface area contributed by atoms with Gasteiger partial charge in [-0.3, -0.25) is 0 Å². The van der Waals surface area contributed by atoms with E-state index in [0.29, 0.717) is 12.0 Å². The van der Waals surface area contributed by atoms with Gasteiger partial charge in [-0.1, -0.05) is 41.9 Å². The van der Waals surface area contributed by atoms with Gasteiger partial charge in [-0.05, 0) is 56.3 Å². The summed E-state index contributed by atoms with van der Waals surface area (Å²) in [6, 6.07) is 9.24. The summed E-state index contributed by atoms with van der Waals surface area (Å²) in [4.78, 5) is 0. The van der Waals surface area contributed by atoms with Crippen molar-refractivity contribution < 1.29 is 4.74 Å². The van der Waals surface area contributed by atoms with E-state index in [-0.39, 0.29) is 0 Å². The van der Waals surface area contributed by atoms with E-state index >= 15 is 0 Å². The zero-order chi connectivity index (χ0) is 14.8. The van der Waals surface area contributed by atoms with Crippen LogP contribution in [0.25, 0.3) is 0 Å². The average Bonchev–Trinajstić information content (AvgIpc) is 2.43. The number of hydrogen-bond acceptors (Lipinski definition) is 2. The average molecular weight is 342 g/mol. The van der Waals surface area contributed by atoms with E-state index in [0.717, 1.165) is 37.1 Å². The van der Waals surface area contributed by atoms with E-state index in [2.05, 4.69) is 66.3 Å². The first kappa shape index (κ1) is 17.7. The van der Waals surface area contributed by atoms with Crippen LogP contribution in [-0.4, -0.2) is 25.8 Å². The molecule has 2 nitrogen and oxygen atoms in total. The molecule has 1 rings (SSSR count). The summed E-state index contributed by atoms with van der Waals surface area (Å²) >= 11 is 3.49. The summed E-state index contributed by atoms with van der Waals surface area (Å²) in [7, 11) is 0. The standard InChI is InChI=1S/C17H28BrNO/c1-4-20-11-5-6-16(13-19-14(2)3)12-15-7-9-17(18)10-8-15/h7-10,14,16,19H,4-6,11-13H2,1-3H3. The topological polar surface area (TPSA) is 21.3 Å². The molecule has 1 aromatic carbocycles. The lowest BCUT2D eigenvalue weighted by atomic mass is 9.94. The van der Waals surface area contributed by atoms with Crippen LogP contribution in [0.15, 0.2) is 28.7 Å². The van der Waals surface area contributed by atoms with E-state index in [9.17, 15) is 0 Å². The van der Waals surface area contributed by atoms with Crippen molar-refractivity contribution in [3.63, 3.8) is 0 Å². The fourth-order valence-corrected chi connectivity index (χ4v) is 2.52. The number of halogens is 1. The monoisotopic (exact) mass is 341 g/mol. The highest BCUT2D eigenvalue weighted by Gasteiger charge is 2.10. The summed E-state index contributed by atoms with van der Waals surface area (Å²) in [5.74, 6) is 0.680. The molecule has 0 saturated carbocycles. The third-order valence-electron chi connectivity index (χ3n) is 3.36. The first-order chi connectivity index (χ1) is 9.61. The first-order valence-corrected chi connectivity index (χ1v) is 8.46. The fourth-order valence-electron chi connectivity index (χ4n) is 2.25. The van der Waals surface area contributed by atoms with Gasteiger partial charge < -0.3 is 10.1 Å². The summed E-state index contributed by atoms with van der Waals surface area (Å²) in [5.41, 5.74) is 1.42. The van der Waals surface area contributed by atoms with Crippen molar-refractivity contribution in [2.75, 3.05) is 19.8 Å². The lowest BCUT2D eigenvalue weighted by Crippen LogP contribution is -2.30. The molecule has 1 unspecified atom stereocenters. The second kappa shape index (κ2) is 10.4. The minimum atomic E-state index is 0.550. The molecule has 0 fully saturated rings. The maximum absolute atomic E-state index is 5.45. The molecule has 0 bridgehead atoms. The van der Waals surface area contributed by atoms with Gasteiger partial charge in [0, 0.05) is 23.7 Å². The first-order valence-electron chi connectivity index (χ1n) is 7.67. The smallest absolute Gasteiger partial charge is 0.0466 e. The highest BCUT2D eigenvalue weighted by atomic mass is 79.9.